The fraction of sp³-hybridized carbons (Fsp3) is 0.185. The second-order valence-corrected chi connectivity index (χ2v) is 9.94. The maximum atomic E-state index is 13.3. The third-order valence-electron chi connectivity index (χ3n) is 5.93. The Balaban J connectivity index is 1.79. The van der Waals surface area contributed by atoms with Crippen LogP contribution in [0.1, 0.15) is 27.2 Å². The molecule has 0 saturated heterocycles. The molecule has 0 saturated carbocycles. The van der Waals surface area contributed by atoms with Crippen LogP contribution in [0.3, 0.4) is 0 Å². The van der Waals surface area contributed by atoms with Gasteiger partial charge in [0.15, 0.2) is 0 Å². The smallest absolute Gasteiger partial charge is 0.283 e. The van der Waals surface area contributed by atoms with E-state index in [2.05, 4.69) is 9.82 Å². The Bertz CT molecular complexity index is 1490. The standard InChI is InChI=1S/C27H27N3O5S/c1-18-9-8-10-19(2)23(18)17-30-25(27(31)29-36(32,33)21-11-6-5-7-12-21)16-24(28-30)22-14-13-20(34-3)15-26(22)35-4/h5-16H,17H2,1-4H3,(H,29,31). The summed E-state index contributed by atoms with van der Waals surface area (Å²) in [6, 6.07) is 20.5. The number of hydrogen-bond acceptors (Lipinski definition) is 6. The fourth-order valence-electron chi connectivity index (χ4n) is 3.94. The van der Waals surface area contributed by atoms with Crippen LogP contribution in [0.15, 0.2) is 77.7 Å². The third kappa shape index (κ3) is 5.11. The van der Waals surface area contributed by atoms with Crippen LogP contribution in [-0.4, -0.2) is 38.3 Å². The summed E-state index contributed by atoms with van der Waals surface area (Å²) in [6.07, 6.45) is 0. The van der Waals surface area contributed by atoms with Gasteiger partial charge in [-0.1, -0.05) is 36.4 Å². The normalized spacial score (nSPS) is 11.2. The van der Waals surface area contributed by atoms with Crippen molar-refractivity contribution in [3.05, 3.63) is 95.2 Å². The van der Waals surface area contributed by atoms with Crippen LogP contribution in [-0.2, 0) is 16.6 Å². The molecule has 1 heterocycles. The summed E-state index contributed by atoms with van der Waals surface area (Å²) in [6.45, 7) is 4.25. The van der Waals surface area contributed by atoms with Gasteiger partial charge >= 0.3 is 0 Å². The molecule has 4 aromatic rings. The number of ether oxygens (including phenoxy) is 2. The second kappa shape index (κ2) is 10.2. The number of aromatic nitrogens is 2. The number of sulfonamides is 1. The van der Waals surface area contributed by atoms with Crippen LogP contribution in [0.5, 0.6) is 11.5 Å². The highest BCUT2D eigenvalue weighted by Crippen LogP contribution is 2.33. The lowest BCUT2D eigenvalue weighted by molar-refractivity contribution is 0.0971. The summed E-state index contributed by atoms with van der Waals surface area (Å²) in [7, 11) is -0.980. The van der Waals surface area contributed by atoms with Crippen LogP contribution in [0.2, 0.25) is 0 Å². The molecule has 186 valence electrons. The van der Waals surface area contributed by atoms with Crippen LogP contribution in [0, 0.1) is 13.8 Å². The molecule has 3 aromatic carbocycles. The van der Waals surface area contributed by atoms with Crippen LogP contribution >= 0.6 is 0 Å². The molecule has 9 heteroatoms. The molecule has 0 unspecified atom stereocenters. The predicted octanol–water partition coefficient (Wildman–Crippen LogP) is 4.35. The monoisotopic (exact) mass is 505 g/mol. The molecule has 0 aliphatic rings. The number of nitrogens with one attached hydrogen (secondary N) is 1. The molecule has 0 bridgehead atoms. The van der Waals surface area contributed by atoms with Crippen molar-refractivity contribution >= 4 is 15.9 Å². The van der Waals surface area contributed by atoms with Crippen LogP contribution in [0.25, 0.3) is 11.3 Å². The van der Waals surface area contributed by atoms with E-state index in [0.717, 1.165) is 16.7 Å². The molecule has 0 aliphatic carbocycles. The number of rotatable bonds is 8. The molecule has 0 fully saturated rings. The van der Waals surface area contributed by atoms with Crippen molar-refractivity contribution in [3.8, 4) is 22.8 Å². The Morgan fingerprint density at radius 1 is 0.917 bits per heavy atom. The molecule has 8 nitrogen and oxygen atoms in total. The molecular formula is C27H27N3O5S. The van der Waals surface area contributed by atoms with Gasteiger partial charge in [-0.2, -0.15) is 5.10 Å². The molecule has 0 spiro atoms. The summed E-state index contributed by atoms with van der Waals surface area (Å²) in [5.74, 6) is 0.337. The highest BCUT2D eigenvalue weighted by molar-refractivity contribution is 7.90. The number of aryl methyl sites for hydroxylation is 2. The van der Waals surface area contributed by atoms with Gasteiger partial charge in [-0.15, -0.1) is 0 Å². The molecule has 1 aromatic heterocycles. The molecular weight excluding hydrogens is 478 g/mol. The van der Waals surface area contributed by atoms with Gasteiger partial charge < -0.3 is 9.47 Å². The maximum Gasteiger partial charge on any atom is 0.283 e. The Morgan fingerprint density at radius 2 is 1.61 bits per heavy atom. The van der Waals surface area contributed by atoms with Crippen molar-refractivity contribution in [2.24, 2.45) is 0 Å². The lowest BCUT2D eigenvalue weighted by Crippen LogP contribution is -2.32. The zero-order valence-corrected chi connectivity index (χ0v) is 21.3. The van der Waals surface area contributed by atoms with Gasteiger partial charge in [-0.3, -0.25) is 9.48 Å². The van der Waals surface area contributed by atoms with E-state index >= 15 is 0 Å². The number of nitrogens with zero attached hydrogens (tertiary/aromatic N) is 2. The molecule has 0 atom stereocenters. The maximum absolute atomic E-state index is 13.3. The van der Waals surface area contributed by atoms with Crippen molar-refractivity contribution < 1.29 is 22.7 Å². The first-order valence-corrected chi connectivity index (χ1v) is 12.7. The van der Waals surface area contributed by atoms with E-state index < -0.39 is 15.9 Å². The van der Waals surface area contributed by atoms with Crippen LogP contribution < -0.4 is 14.2 Å². The Morgan fingerprint density at radius 3 is 2.25 bits per heavy atom. The lowest BCUT2D eigenvalue weighted by atomic mass is 10.0. The topological polar surface area (TPSA) is 99.5 Å². The Hall–Kier alpha value is -4.11. The average Bonchev–Trinajstić information content (AvgIpc) is 3.30. The van der Waals surface area contributed by atoms with Gasteiger partial charge in [0, 0.05) is 11.6 Å². The fourth-order valence-corrected chi connectivity index (χ4v) is 4.92. The van der Waals surface area contributed by atoms with Gasteiger partial charge in [-0.05, 0) is 60.9 Å². The first kappa shape index (κ1) is 25.0. The second-order valence-electron chi connectivity index (χ2n) is 8.26. The van der Waals surface area contributed by atoms with Crippen molar-refractivity contribution in [3.63, 3.8) is 0 Å². The molecule has 4 rings (SSSR count). The van der Waals surface area contributed by atoms with E-state index in [1.165, 1.54) is 23.9 Å². The first-order valence-electron chi connectivity index (χ1n) is 11.2. The summed E-state index contributed by atoms with van der Waals surface area (Å²) in [5, 5.41) is 4.69. The minimum absolute atomic E-state index is 0.00351. The quantitative estimate of drug-likeness (QED) is 0.382. The van der Waals surface area contributed by atoms with E-state index in [4.69, 9.17) is 9.47 Å². The summed E-state index contributed by atoms with van der Waals surface area (Å²) < 4.78 is 40.2. The average molecular weight is 506 g/mol. The number of hydrogen-bond donors (Lipinski definition) is 1. The number of carbonyl (C=O) groups excluding carboxylic acids is 1. The number of benzene rings is 3. The van der Waals surface area contributed by atoms with Crippen molar-refractivity contribution in [1.82, 2.24) is 14.5 Å². The Kier molecular flexibility index (Phi) is 7.12. The van der Waals surface area contributed by atoms with E-state index in [1.807, 2.05) is 32.0 Å². The van der Waals surface area contributed by atoms with Gasteiger partial charge in [0.25, 0.3) is 15.9 Å². The van der Waals surface area contributed by atoms with Crippen molar-refractivity contribution in [2.45, 2.75) is 25.3 Å². The number of methoxy groups -OCH3 is 2. The minimum Gasteiger partial charge on any atom is -0.497 e. The zero-order chi connectivity index (χ0) is 25.9. The minimum atomic E-state index is -4.07. The summed E-state index contributed by atoms with van der Waals surface area (Å²) >= 11 is 0. The van der Waals surface area contributed by atoms with Gasteiger partial charge in [0.1, 0.15) is 17.2 Å². The lowest BCUT2D eigenvalue weighted by Gasteiger charge is -2.13. The first-order chi connectivity index (χ1) is 17.2. The van der Waals surface area contributed by atoms with E-state index in [0.29, 0.717) is 22.8 Å². The molecule has 0 aliphatic heterocycles. The van der Waals surface area contributed by atoms with Gasteiger partial charge in [0.2, 0.25) is 0 Å². The number of amides is 1. The van der Waals surface area contributed by atoms with Crippen LogP contribution in [0.4, 0.5) is 0 Å². The van der Waals surface area contributed by atoms with Crippen molar-refractivity contribution in [2.75, 3.05) is 14.2 Å². The predicted molar refractivity (Wildman–Crippen MR) is 137 cm³/mol. The summed E-state index contributed by atoms with van der Waals surface area (Å²) in [4.78, 5) is 13.3. The summed E-state index contributed by atoms with van der Waals surface area (Å²) in [5.41, 5.74) is 4.27. The van der Waals surface area contributed by atoms with E-state index in [-0.39, 0.29) is 17.1 Å². The molecule has 0 radical (unpaired) electrons. The van der Waals surface area contributed by atoms with E-state index in [1.54, 1.807) is 49.6 Å². The van der Waals surface area contributed by atoms with Gasteiger partial charge in [0.05, 0.1) is 31.4 Å². The SMILES string of the molecule is COc1ccc(-c2cc(C(=O)NS(=O)(=O)c3ccccc3)n(Cc3c(C)cccc3C)n2)c(OC)c1. The Labute approximate surface area is 210 Å². The zero-order valence-electron chi connectivity index (χ0n) is 20.5. The molecule has 1 amide bonds. The third-order valence-corrected chi connectivity index (χ3v) is 7.28. The molecule has 36 heavy (non-hydrogen) atoms. The van der Waals surface area contributed by atoms with Crippen molar-refractivity contribution in [1.29, 1.82) is 0 Å². The van der Waals surface area contributed by atoms with E-state index in [9.17, 15) is 13.2 Å². The molecule has 1 N–H and O–H groups in total. The number of carbonyl (C=O) groups is 1. The largest absolute Gasteiger partial charge is 0.497 e. The highest BCUT2D eigenvalue weighted by atomic mass is 32.2. The van der Waals surface area contributed by atoms with Gasteiger partial charge in [-0.25, -0.2) is 13.1 Å². The highest BCUT2D eigenvalue weighted by Gasteiger charge is 2.24.